The molecule has 0 radical (unpaired) electrons. The molecule has 0 aliphatic rings. The van der Waals surface area contributed by atoms with Crippen LogP contribution in [0.5, 0.6) is 0 Å². The number of aromatic nitrogens is 1. The van der Waals surface area contributed by atoms with Crippen molar-refractivity contribution in [3.8, 4) is 11.3 Å². The minimum atomic E-state index is -4.65. The summed E-state index contributed by atoms with van der Waals surface area (Å²) in [6, 6.07) is 9.26. The van der Waals surface area contributed by atoms with Crippen LogP contribution in [-0.2, 0) is 13.2 Å². The number of nitrogens with two attached hydrogens (primary N) is 1. The molecule has 0 aliphatic carbocycles. The quantitative estimate of drug-likeness (QED) is 0.864. The van der Waals surface area contributed by atoms with E-state index >= 15 is 0 Å². The summed E-state index contributed by atoms with van der Waals surface area (Å²) in [5, 5.41) is 0. The van der Waals surface area contributed by atoms with E-state index in [1.165, 1.54) is 7.05 Å². The Hall–Kier alpha value is -2.24. The Labute approximate surface area is 107 Å². The fourth-order valence-electron chi connectivity index (χ4n) is 1.84. The van der Waals surface area contributed by atoms with Crippen molar-refractivity contribution in [2.24, 2.45) is 7.05 Å². The SMILES string of the molecule is Cn1c(-c2ccccc2)cc(C(F)(F)F)c(N)c1=O. The Morgan fingerprint density at radius 3 is 2.26 bits per heavy atom. The van der Waals surface area contributed by atoms with Gasteiger partial charge in [0, 0.05) is 7.05 Å². The first-order chi connectivity index (χ1) is 8.82. The molecule has 0 amide bonds. The zero-order valence-electron chi connectivity index (χ0n) is 10.0. The zero-order valence-corrected chi connectivity index (χ0v) is 10.0. The molecule has 2 aromatic rings. The van der Waals surface area contributed by atoms with Gasteiger partial charge in [0.05, 0.1) is 11.3 Å². The molecule has 0 atom stereocenters. The summed E-state index contributed by atoms with van der Waals surface area (Å²) in [5.74, 6) is 0. The lowest BCUT2D eigenvalue weighted by Crippen LogP contribution is -2.26. The van der Waals surface area contributed by atoms with Crippen molar-refractivity contribution in [3.05, 3.63) is 52.3 Å². The highest BCUT2D eigenvalue weighted by Gasteiger charge is 2.35. The van der Waals surface area contributed by atoms with Crippen LogP contribution >= 0.6 is 0 Å². The highest BCUT2D eigenvalue weighted by Crippen LogP contribution is 2.34. The first-order valence-electron chi connectivity index (χ1n) is 5.44. The molecule has 100 valence electrons. The van der Waals surface area contributed by atoms with Crippen LogP contribution in [0, 0.1) is 0 Å². The molecule has 0 spiro atoms. The first kappa shape index (κ1) is 13.2. The third-order valence-corrected chi connectivity index (χ3v) is 2.84. The van der Waals surface area contributed by atoms with Crippen LogP contribution in [0.15, 0.2) is 41.2 Å². The Kier molecular flexibility index (Phi) is 3.09. The van der Waals surface area contributed by atoms with Crippen LogP contribution in [0.1, 0.15) is 5.56 Å². The minimum absolute atomic E-state index is 0.173. The van der Waals surface area contributed by atoms with E-state index in [1.807, 2.05) is 0 Å². The molecule has 1 aromatic carbocycles. The molecule has 1 aromatic heterocycles. The maximum absolute atomic E-state index is 12.8. The van der Waals surface area contributed by atoms with E-state index in [-0.39, 0.29) is 5.69 Å². The van der Waals surface area contributed by atoms with Crippen LogP contribution in [0.4, 0.5) is 18.9 Å². The first-order valence-corrected chi connectivity index (χ1v) is 5.44. The van der Waals surface area contributed by atoms with Gasteiger partial charge >= 0.3 is 6.18 Å². The van der Waals surface area contributed by atoms with Gasteiger partial charge in [-0.1, -0.05) is 30.3 Å². The Bertz CT molecular complexity index is 660. The van der Waals surface area contributed by atoms with Crippen molar-refractivity contribution < 1.29 is 13.2 Å². The number of alkyl halides is 3. The van der Waals surface area contributed by atoms with Crippen LogP contribution in [0.3, 0.4) is 0 Å². The van der Waals surface area contributed by atoms with E-state index in [0.29, 0.717) is 5.56 Å². The molecule has 3 nitrogen and oxygen atoms in total. The summed E-state index contributed by atoms with van der Waals surface area (Å²) in [6.45, 7) is 0. The van der Waals surface area contributed by atoms with Crippen molar-refractivity contribution >= 4 is 5.69 Å². The van der Waals surface area contributed by atoms with E-state index in [4.69, 9.17) is 5.73 Å². The molecule has 0 saturated heterocycles. The van der Waals surface area contributed by atoms with Gasteiger partial charge in [0.25, 0.3) is 5.56 Å². The van der Waals surface area contributed by atoms with Gasteiger partial charge in [-0.25, -0.2) is 0 Å². The average molecular weight is 268 g/mol. The van der Waals surface area contributed by atoms with Gasteiger partial charge in [0.2, 0.25) is 0 Å². The van der Waals surface area contributed by atoms with E-state index < -0.39 is 23.0 Å². The van der Waals surface area contributed by atoms with Gasteiger partial charge in [0.15, 0.2) is 0 Å². The van der Waals surface area contributed by atoms with E-state index in [9.17, 15) is 18.0 Å². The van der Waals surface area contributed by atoms with Crippen LogP contribution in [-0.4, -0.2) is 4.57 Å². The molecule has 0 aliphatic heterocycles. The number of hydrogen-bond donors (Lipinski definition) is 1. The Morgan fingerprint density at radius 2 is 1.74 bits per heavy atom. The van der Waals surface area contributed by atoms with Crippen molar-refractivity contribution in [3.63, 3.8) is 0 Å². The van der Waals surface area contributed by atoms with Crippen molar-refractivity contribution in [2.45, 2.75) is 6.18 Å². The van der Waals surface area contributed by atoms with Crippen molar-refractivity contribution in [1.82, 2.24) is 4.57 Å². The van der Waals surface area contributed by atoms with Gasteiger partial charge in [-0.3, -0.25) is 4.79 Å². The largest absolute Gasteiger partial charge is 0.418 e. The Balaban J connectivity index is 2.77. The summed E-state index contributed by atoms with van der Waals surface area (Å²) in [4.78, 5) is 11.8. The highest BCUT2D eigenvalue weighted by atomic mass is 19.4. The highest BCUT2D eigenvalue weighted by molar-refractivity contribution is 5.64. The second-order valence-corrected chi connectivity index (χ2v) is 4.08. The monoisotopic (exact) mass is 268 g/mol. The number of nitrogen functional groups attached to an aromatic ring is 1. The molecule has 0 bridgehead atoms. The fourth-order valence-corrected chi connectivity index (χ4v) is 1.84. The summed E-state index contributed by atoms with van der Waals surface area (Å²) in [6.07, 6.45) is -4.65. The molecule has 0 unspecified atom stereocenters. The van der Waals surface area contributed by atoms with Gasteiger partial charge < -0.3 is 10.3 Å². The lowest BCUT2D eigenvalue weighted by atomic mass is 10.1. The molecule has 0 fully saturated rings. The summed E-state index contributed by atoms with van der Waals surface area (Å²) < 4.78 is 39.6. The Morgan fingerprint density at radius 1 is 1.16 bits per heavy atom. The maximum atomic E-state index is 12.8. The standard InChI is InChI=1S/C13H11F3N2O/c1-18-10(8-5-3-2-4-6-8)7-9(13(14,15)16)11(17)12(18)19/h2-7H,17H2,1H3. The summed E-state index contributed by atoms with van der Waals surface area (Å²) >= 11 is 0. The number of anilines is 1. The second-order valence-electron chi connectivity index (χ2n) is 4.08. The number of benzene rings is 1. The lowest BCUT2D eigenvalue weighted by Gasteiger charge is -2.15. The fraction of sp³-hybridized carbons (Fsp3) is 0.154. The number of pyridine rings is 1. The zero-order chi connectivity index (χ0) is 14.2. The van der Waals surface area contributed by atoms with Gasteiger partial charge in [-0.05, 0) is 11.6 Å². The van der Waals surface area contributed by atoms with E-state index in [2.05, 4.69) is 0 Å². The third-order valence-electron chi connectivity index (χ3n) is 2.84. The molecular formula is C13H11F3N2O. The maximum Gasteiger partial charge on any atom is 0.418 e. The molecule has 6 heteroatoms. The summed E-state index contributed by atoms with van der Waals surface area (Å²) in [7, 11) is 1.39. The second kappa shape index (κ2) is 4.46. The van der Waals surface area contributed by atoms with Gasteiger partial charge in [-0.15, -0.1) is 0 Å². The summed E-state index contributed by atoms with van der Waals surface area (Å²) in [5.41, 5.74) is 3.22. The number of rotatable bonds is 1. The molecule has 19 heavy (non-hydrogen) atoms. The predicted octanol–water partition coefficient (Wildman–Crippen LogP) is 2.65. The van der Waals surface area contributed by atoms with E-state index in [0.717, 1.165) is 10.6 Å². The molecular weight excluding hydrogens is 257 g/mol. The number of halogens is 3. The molecule has 2 N–H and O–H groups in total. The van der Waals surface area contributed by atoms with Gasteiger partial charge in [0.1, 0.15) is 5.69 Å². The van der Waals surface area contributed by atoms with Crippen LogP contribution in [0.2, 0.25) is 0 Å². The van der Waals surface area contributed by atoms with E-state index in [1.54, 1.807) is 30.3 Å². The number of nitrogens with zero attached hydrogens (tertiary/aromatic N) is 1. The van der Waals surface area contributed by atoms with Crippen molar-refractivity contribution in [2.75, 3.05) is 5.73 Å². The molecule has 1 heterocycles. The number of hydrogen-bond acceptors (Lipinski definition) is 2. The van der Waals surface area contributed by atoms with Crippen LogP contribution < -0.4 is 11.3 Å². The normalized spacial score (nSPS) is 11.6. The smallest absolute Gasteiger partial charge is 0.394 e. The van der Waals surface area contributed by atoms with Crippen molar-refractivity contribution in [1.29, 1.82) is 0 Å². The molecule has 2 rings (SSSR count). The minimum Gasteiger partial charge on any atom is -0.394 e. The topological polar surface area (TPSA) is 48.0 Å². The molecule has 0 saturated carbocycles. The van der Waals surface area contributed by atoms with Gasteiger partial charge in [-0.2, -0.15) is 13.2 Å². The third kappa shape index (κ3) is 2.33. The predicted molar refractivity (Wildman–Crippen MR) is 66.5 cm³/mol. The lowest BCUT2D eigenvalue weighted by molar-refractivity contribution is -0.137. The average Bonchev–Trinajstić information content (AvgIpc) is 2.36. The van der Waals surface area contributed by atoms with Crippen LogP contribution in [0.25, 0.3) is 11.3 Å².